The zero-order valence-corrected chi connectivity index (χ0v) is 5.71. The Bertz CT molecular complexity index is 49.0. The van der Waals surface area contributed by atoms with Gasteiger partial charge in [0.2, 0.25) is 0 Å². The van der Waals surface area contributed by atoms with Crippen molar-refractivity contribution in [3.63, 3.8) is 0 Å². The van der Waals surface area contributed by atoms with Gasteiger partial charge in [-0.05, 0) is 13.8 Å². The second kappa shape index (κ2) is 3.29. The van der Waals surface area contributed by atoms with Crippen molar-refractivity contribution in [2.75, 3.05) is 7.05 Å². The maximum absolute atomic E-state index is 10.5. The monoisotopic (exact) mass is 121 g/mol. The van der Waals surface area contributed by atoms with Crippen LogP contribution in [0.3, 0.4) is 0 Å². The van der Waals surface area contributed by atoms with E-state index in [1.54, 1.807) is 7.05 Å². The van der Waals surface area contributed by atoms with Gasteiger partial charge < -0.3 is 4.55 Å². The smallest absolute Gasteiger partial charge is 0.129 e. The molecule has 0 saturated carbocycles. The molecule has 3 heteroatoms. The number of hydrogen-bond donors (Lipinski definition) is 1. The maximum Gasteiger partial charge on any atom is 0.129 e. The van der Waals surface area contributed by atoms with Crippen LogP contribution in [0.2, 0.25) is 0 Å². The molecule has 0 aromatic heterocycles. The van der Waals surface area contributed by atoms with Crippen LogP contribution in [-0.2, 0) is 11.4 Å². The molecule has 7 heavy (non-hydrogen) atoms. The Morgan fingerprint density at radius 1 is 1.57 bits per heavy atom. The van der Waals surface area contributed by atoms with Crippen LogP contribution in [0.1, 0.15) is 13.8 Å². The molecule has 0 radical (unpaired) electrons. The van der Waals surface area contributed by atoms with Gasteiger partial charge in [0.05, 0.1) is 0 Å². The highest BCUT2D eigenvalue weighted by Crippen LogP contribution is 1.92. The van der Waals surface area contributed by atoms with Crippen LogP contribution in [0.4, 0.5) is 0 Å². The highest BCUT2D eigenvalue weighted by atomic mass is 32.2. The summed E-state index contributed by atoms with van der Waals surface area (Å²) in [6.07, 6.45) is 0. The lowest BCUT2D eigenvalue weighted by Crippen LogP contribution is -2.26. The van der Waals surface area contributed by atoms with Gasteiger partial charge in [0.1, 0.15) is 5.25 Å². The molecular formula is C4H11NOS. The molecule has 0 rings (SSSR count). The van der Waals surface area contributed by atoms with E-state index in [2.05, 4.69) is 4.72 Å². The normalized spacial score (nSPS) is 15.0. The van der Waals surface area contributed by atoms with E-state index in [9.17, 15) is 4.55 Å². The summed E-state index contributed by atoms with van der Waals surface area (Å²) >= 11 is -0.829. The van der Waals surface area contributed by atoms with E-state index >= 15 is 0 Å². The predicted octanol–water partition coefficient (Wildman–Crippen LogP) is 0.278. The Morgan fingerprint density at radius 2 is 2.00 bits per heavy atom. The van der Waals surface area contributed by atoms with Gasteiger partial charge in [0, 0.05) is 18.4 Å². The summed E-state index contributed by atoms with van der Waals surface area (Å²) in [5, 5.41) is 0.227. The van der Waals surface area contributed by atoms with Gasteiger partial charge in [0.15, 0.2) is 0 Å². The minimum Gasteiger partial charge on any atom is -0.598 e. The fourth-order valence-corrected chi connectivity index (χ4v) is 0.707. The Hall–Kier alpha value is 0.270. The average Bonchev–Trinajstić information content (AvgIpc) is 1.65. The molecule has 0 fully saturated rings. The minimum atomic E-state index is -0.829. The molecule has 0 aliphatic heterocycles. The van der Waals surface area contributed by atoms with Gasteiger partial charge in [-0.25, -0.2) is 0 Å². The summed E-state index contributed by atoms with van der Waals surface area (Å²) in [7, 11) is 1.69. The topological polar surface area (TPSA) is 35.1 Å². The Balaban J connectivity index is 3.14. The first-order valence-electron chi connectivity index (χ1n) is 2.26. The van der Waals surface area contributed by atoms with Crippen LogP contribution in [-0.4, -0.2) is 16.9 Å². The van der Waals surface area contributed by atoms with Crippen molar-refractivity contribution in [3.8, 4) is 0 Å². The molecule has 2 nitrogen and oxygen atoms in total. The third-order valence-corrected chi connectivity index (χ3v) is 1.89. The predicted molar refractivity (Wildman–Crippen MR) is 32.3 cm³/mol. The molecule has 0 amide bonds. The van der Waals surface area contributed by atoms with Crippen molar-refractivity contribution in [2.24, 2.45) is 0 Å². The van der Waals surface area contributed by atoms with Gasteiger partial charge in [-0.3, -0.25) is 0 Å². The Labute approximate surface area is 47.6 Å². The van der Waals surface area contributed by atoms with Crippen molar-refractivity contribution < 1.29 is 4.55 Å². The third-order valence-electron chi connectivity index (χ3n) is 0.629. The molecule has 1 atom stereocenters. The maximum atomic E-state index is 10.5. The van der Waals surface area contributed by atoms with E-state index in [0.29, 0.717) is 0 Å². The number of hydrogen-bond acceptors (Lipinski definition) is 2. The average molecular weight is 121 g/mol. The van der Waals surface area contributed by atoms with Crippen molar-refractivity contribution in [1.82, 2.24) is 4.72 Å². The first-order valence-corrected chi connectivity index (χ1v) is 3.47. The van der Waals surface area contributed by atoms with E-state index < -0.39 is 11.4 Å². The molecule has 0 bridgehead atoms. The first kappa shape index (κ1) is 7.27. The zero-order valence-electron chi connectivity index (χ0n) is 4.89. The van der Waals surface area contributed by atoms with Crippen LogP contribution in [0.5, 0.6) is 0 Å². The van der Waals surface area contributed by atoms with Gasteiger partial charge >= 0.3 is 0 Å². The van der Waals surface area contributed by atoms with Crippen LogP contribution in [0.25, 0.3) is 0 Å². The van der Waals surface area contributed by atoms with Crippen molar-refractivity contribution in [1.29, 1.82) is 0 Å². The van der Waals surface area contributed by atoms with Gasteiger partial charge in [-0.1, -0.05) is 0 Å². The quantitative estimate of drug-likeness (QED) is 0.532. The van der Waals surface area contributed by atoms with E-state index in [4.69, 9.17) is 0 Å². The van der Waals surface area contributed by atoms with E-state index in [1.807, 2.05) is 13.8 Å². The van der Waals surface area contributed by atoms with Crippen molar-refractivity contribution >= 4 is 11.4 Å². The molecule has 0 aromatic carbocycles. The minimum absolute atomic E-state index is 0.227. The fraction of sp³-hybridized carbons (Fsp3) is 1.00. The SMILES string of the molecule is CN[S+]([O-])C(C)C. The van der Waals surface area contributed by atoms with Crippen LogP contribution in [0.15, 0.2) is 0 Å². The van der Waals surface area contributed by atoms with Crippen LogP contribution < -0.4 is 4.72 Å². The molecule has 0 aliphatic carbocycles. The van der Waals surface area contributed by atoms with Crippen LogP contribution >= 0.6 is 0 Å². The third kappa shape index (κ3) is 2.91. The largest absolute Gasteiger partial charge is 0.598 e. The van der Waals surface area contributed by atoms with Crippen LogP contribution in [0, 0.1) is 0 Å². The van der Waals surface area contributed by atoms with E-state index in [0.717, 1.165) is 0 Å². The lowest BCUT2D eigenvalue weighted by atomic mass is 10.6. The summed E-state index contributed by atoms with van der Waals surface area (Å²) in [6.45, 7) is 3.82. The molecule has 0 spiro atoms. The van der Waals surface area contributed by atoms with Crippen molar-refractivity contribution in [3.05, 3.63) is 0 Å². The highest BCUT2D eigenvalue weighted by molar-refractivity contribution is 7.90. The molecule has 1 N–H and O–H groups in total. The standard InChI is InChI=1S/C4H11NOS/c1-4(2)7(6)5-3/h4-5H,1-3H3. The first-order chi connectivity index (χ1) is 3.18. The molecule has 0 aromatic rings. The van der Waals surface area contributed by atoms with E-state index in [1.165, 1.54) is 0 Å². The molecular weight excluding hydrogens is 110 g/mol. The molecule has 0 aliphatic rings. The highest BCUT2D eigenvalue weighted by Gasteiger charge is 2.05. The molecule has 0 saturated heterocycles. The van der Waals surface area contributed by atoms with Gasteiger partial charge in [-0.15, -0.1) is 4.72 Å². The summed E-state index contributed by atoms with van der Waals surface area (Å²) in [6, 6.07) is 0. The zero-order chi connectivity index (χ0) is 5.86. The molecule has 44 valence electrons. The fourth-order valence-electron chi connectivity index (χ4n) is 0.236. The van der Waals surface area contributed by atoms with E-state index in [-0.39, 0.29) is 5.25 Å². The lowest BCUT2D eigenvalue weighted by molar-refractivity contribution is 0.578. The Kier molecular flexibility index (Phi) is 3.42. The van der Waals surface area contributed by atoms with Gasteiger partial charge in [0.25, 0.3) is 0 Å². The molecule has 0 heterocycles. The second-order valence-corrected chi connectivity index (χ2v) is 3.50. The summed E-state index contributed by atoms with van der Waals surface area (Å²) in [4.78, 5) is 0. The number of rotatable bonds is 2. The second-order valence-electron chi connectivity index (χ2n) is 1.55. The molecule has 1 unspecified atom stereocenters. The summed E-state index contributed by atoms with van der Waals surface area (Å²) in [5.74, 6) is 0. The number of nitrogens with one attached hydrogen (secondary N) is 1. The Morgan fingerprint density at radius 3 is 2.00 bits per heavy atom. The van der Waals surface area contributed by atoms with Gasteiger partial charge in [-0.2, -0.15) is 0 Å². The summed E-state index contributed by atoms with van der Waals surface area (Å²) < 4.78 is 13.1. The van der Waals surface area contributed by atoms with Crippen molar-refractivity contribution in [2.45, 2.75) is 19.1 Å². The summed E-state index contributed by atoms with van der Waals surface area (Å²) in [5.41, 5.74) is 0. The lowest BCUT2D eigenvalue weighted by Gasteiger charge is -2.09.